The Bertz CT molecular complexity index is 1190. The smallest absolute Gasteiger partial charge is 0.373 e. The summed E-state index contributed by atoms with van der Waals surface area (Å²) in [6.45, 7) is 0.133. The van der Waals surface area contributed by atoms with Crippen LogP contribution in [-0.4, -0.2) is 37.1 Å². The van der Waals surface area contributed by atoms with Gasteiger partial charge in [0.15, 0.2) is 0 Å². The molecule has 34 heavy (non-hydrogen) atoms. The first-order chi connectivity index (χ1) is 16.1. The number of aromatic nitrogens is 1. The molecule has 2 aromatic carbocycles. The van der Waals surface area contributed by atoms with Crippen molar-refractivity contribution in [3.05, 3.63) is 83.0 Å². The fourth-order valence-corrected chi connectivity index (χ4v) is 3.09. The van der Waals surface area contributed by atoms with E-state index in [1.54, 1.807) is 56.5 Å². The zero-order valence-electron chi connectivity index (χ0n) is 18.9. The van der Waals surface area contributed by atoms with E-state index in [1.165, 1.54) is 12.1 Å². The molecule has 2 amide bonds. The van der Waals surface area contributed by atoms with Gasteiger partial charge in [-0.2, -0.15) is 13.2 Å². The zero-order valence-corrected chi connectivity index (χ0v) is 18.9. The number of urea groups is 1. The van der Waals surface area contributed by atoms with Gasteiger partial charge in [-0.3, -0.25) is 0 Å². The molecule has 1 aromatic heterocycles. The Morgan fingerprint density at radius 3 is 2.15 bits per heavy atom. The maximum atomic E-state index is 13.4. The largest absolute Gasteiger partial charge is 0.416 e. The molecule has 6 nitrogen and oxygen atoms in total. The number of carbonyl (C=O) groups excluding carboxylic acids is 1. The molecule has 0 aliphatic rings. The van der Waals surface area contributed by atoms with Gasteiger partial charge >= 0.3 is 12.2 Å². The number of carbonyl (C=O) groups is 1. The predicted molar refractivity (Wildman–Crippen MR) is 128 cm³/mol. The first-order valence-electron chi connectivity index (χ1n) is 10.3. The highest BCUT2D eigenvalue weighted by molar-refractivity contribution is 5.99. The Morgan fingerprint density at radius 1 is 0.941 bits per heavy atom. The van der Waals surface area contributed by atoms with E-state index in [2.05, 4.69) is 32.8 Å². The summed E-state index contributed by atoms with van der Waals surface area (Å²) in [5.74, 6) is 6.76. The second-order valence-electron chi connectivity index (χ2n) is 7.70. The van der Waals surface area contributed by atoms with E-state index >= 15 is 0 Å². The fraction of sp³-hybridized carbons (Fsp3) is 0.200. The maximum absolute atomic E-state index is 13.4. The molecule has 3 N–H and O–H groups in total. The fourth-order valence-electron chi connectivity index (χ4n) is 3.09. The Balaban J connectivity index is 1.64. The number of rotatable bonds is 5. The highest BCUT2D eigenvalue weighted by Crippen LogP contribution is 2.34. The lowest BCUT2D eigenvalue weighted by molar-refractivity contribution is -0.138. The van der Waals surface area contributed by atoms with Crippen LogP contribution in [-0.2, 0) is 12.7 Å². The van der Waals surface area contributed by atoms with Crippen molar-refractivity contribution in [2.45, 2.75) is 12.7 Å². The average Bonchev–Trinajstić information content (AvgIpc) is 2.79. The Morgan fingerprint density at radius 2 is 1.56 bits per heavy atom. The van der Waals surface area contributed by atoms with Crippen molar-refractivity contribution < 1.29 is 18.0 Å². The molecule has 0 bridgehead atoms. The number of anilines is 3. The van der Waals surface area contributed by atoms with Gasteiger partial charge in [-0.05, 0) is 68.2 Å². The lowest BCUT2D eigenvalue weighted by atomic mass is 10.1. The van der Waals surface area contributed by atoms with Crippen LogP contribution in [0.4, 0.5) is 35.2 Å². The van der Waals surface area contributed by atoms with Crippen molar-refractivity contribution in [1.29, 1.82) is 0 Å². The van der Waals surface area contributed by atoms with Gasteiger partial charge in [0, 0.05) is 42.3 Å². The van der Waals surface area contributed by atoms with Crippen molar-refractivity contribution in [2.75, 3.05) is 37.1 Å². The Hall–Kier alpha value is -4.03. The Kier molecular flexibility index (Phi) is 7.76. The molecule has 0 fully saturated rings. The van der Waals surface area contributed by atoms with Gasteiger partial charge in [-0.25, -0.2) is 9.78 Å². The van der Waals surface area contributed by atoms with Crippen molar-refractivity contribution in [3.63, 3.8) is 0 Å². The number of nitrogens with one attached hydrogen (secondary N) is 3. The number of hydrogen-bond acceptors (Lipinski definition) is 4. The van der Waals surface area contributed by atoms with Gasteiger partial charge < -0.3 is 20.9 Å². The minimum absolute atomic E-state index is 0.0488. The second-order valence-corrected chi connectivity index (χ2v) is 7.70. The van der Waals surface area contributed by atoms with Crippen LogP contribution in [0.2, 0.25) is 0 Å². The molecule has 1 heterocycles. The number of benzene rings is 2. The summed E-state index contributed by atoms with van der Waals surface area (Å²) in [5, 5.41) is 7.99. The number of halogens is 3. The summed E-state index contributed by atoms with van der Waals surface area (Å²) in [4.78, 5) is 18.1. The normalized spacial score (nSPS) is 10.9. The third-order valence-electron chi connectivity index (χ3n) is 4.67. The molecular weight excluding hydrogens is 443 g/mol. The lowest BCUT2D eigenvalue weighted by Gasteiger charge is -2.18. The van der Waals surface area contributed by atoms with Crippen LogP contribution in [0.3, 0.4) is 0 Å². The molecule has 0 unspecified atom stereocenters. The average molecular weight is 467 g/mol. The van der Waals surface area contributed by atoms with E-state index in [1.807, 2.05) is 12.1 Å². The van der Waals surface area contributed by atoms with Crippen molar-refractivity contribution in [3.8, 4) is 11.8 Å². The first-order valence-corrected chi connectivity index (χ1v) is 10.3. The number of amides is 2. The van der Waals surface area contributed by atoms with Gasteiger partial charge in [-0.15, -0.1) is 0 Å². The van der Waals surface area contributed by atoms with Gasteiger partial charge in [0.2, 0.25) is 0 Å². The molecule has 0 aliphatic carbocycles. The summed E-state index contributed by atoms with van der Waals surface area (Å²) in [7, 11) is 5.16. The van der Waals surface area contributed by atoms with Gasteiger partial charge in [0.1, 0.15) is 5.82 Å². The molecule has 3 aromatic rings. The topological polar surface area (TPSA) is 69.3 Å². The molecule has 0 radical (unpaired) electrons. The molecule has 0 aliphatic heterocycles. The SMILES string of the molecule is CNc1ccc(C#Cc2ccc(NC(=O)Nc3ccc(CN(C)C)c(C(F)(F)F)c3)cc2)cn1. The summed E-state index contributed by atoms with van der Waals surface area (Å²) in [6.07, 6.45) is -2.86. The van der Waals surface area contributed by atoms with Crippen molar-refractivity contribution >= 4 is 23.2 Å². The highest BCUT2D eigenvalue weighted by Gasteiger charge is 2.33. The molecular formula is C25H24F3N5O. The van der Waals surface area contributed by atoms with Crippen molar-refractivity contribution in [2.24, 2.45) is 0 Å². The van der Waals surface area contributed by atoms with Crippen LogP contribution in [0.25, 0.3) is 0 Å². The summed E-state index contributed by atoms with van der Waals surface area (Å²) < 4.78 is 40.3. The van der Waals surface area contributed by atoms with Crippen LogP contribution >= 0.6 is 0 Å². The van der Waals surface area contributed by atoms with Gasteiger partial charge in [0.05, 0.1) is 5.56 Å². The molecule has 176 valence electrons. The third-order valence-corrected chi connectivity index (χ3v) is 4.67. The summed E-state index contributed by atoms with van der Waals surface area (Å²) in [6, 6.07) is 13.6. The highest BCUT2D eigenvalue weighted by atomic mass is 19.4. The number of hydrogen-bond donors (Lipinski definition) is 3. The lowest BCUT2D eigenvalue weighted by Crippen LogP contribution is -2.21. The molecule has 0 saturated heterocycles. The molecule has 3 rings (SSSR count). The zero-order chi connectivity index (χ0) is 24.7. The minimum Gasteiger partial charge on any atom is -0.373 e. The molecule has 0 spiro atoms. The van der Waals surface area contributed by atoms with Crippen LogP contribution < -0.4 is 16.0 Å². The minimum atomic E-state index is -4.53. The van der Waals surface area contributed by atoms with E-state index in [0.29, 0.717) is 5.69 Å². The standard InChI is InChI=1S/C25H24F3N5O/c1-29-23-13-8-18(15-30-23)5-4-17-6-10-20(11-7-17)31-24(34)32-21-12-9-19(16-33(2)3)22(14-21)25(26,27)28/h6-15H,16H2,1-3H3,(H,29,30)(H2,31,32,34). The molecule has 0 atom stereocenters. The van der Waals surface area contributed by atoms with E-state index in [0.717, 1.165) is 23.0 Å². The van der Waals surface area contributed by atoms with E-state index in [-0.39, 0.29) is 17.8 Å². The van der Waals surface area contributed by atoms with Crippen LogP contribution in [0.15, 0.2) is 60.8 Å². The first kappa shape index (κ1) is 24.6. The van der Waals surface area contributed by atoms with E-state index in [9.17, 15) is 18.0 Å². The maximum Gasteiger partial charge on any atom is 0.416 e. The monoisotopic (exact) mass is 467 g/mol. The van der Waals surface area contributed by atoms with Crippen molar-refractivity contribution in [1.82, 2.24) is 9.88 Å². The predicted octanol–water partition coefficient (Wildman–Crippen LogP) is 5.25. The van der Waals surface area contributed by atoms with Crippen LogP contribution in [0, 0.1) is 11.8 Å². The second kappa shape index (κ2) is 10.7. The quantitative estimate of drug-likeness (QED) is 0.449. The third kappa shape index (κ3) is 6.98. The molecule has 0 saturated carbocycles. The summed E-state index contributed by atoms with van der Waals surface area (Å²) in [5.41, 5.74) is 1.37. The summed E-state index contributed by atoms with van der Waals surface area (Å²) >= 11 is 0. The van der Waals surface area contributed by atoms with Crippen LogP contribution in [0.1, 0.15) is 22.3 Å². The van der Waals surface area contributed by atoms with E-state index < -0.39 is 17.8 Å². The molecule has 9 heteroatoms. The van der Waals surface area contributed by atoms with Crippen LogP contribution in [0.5, 0.6) is 0 Å². The van der Waals surface area contributed by atoms with Gasteiger partial charge in [0.25, 0.3) is 0 Å². The number of pyridine rings is 1. The number of nitrogens with zero attached hydrogens (tertiary/aromatic N) is 2. The number of alkyl halides is 3. The van der Waals surface area contributed by atoms with Gasteiger partial charge in [-0.1, -0.05) is 17.9 Å². The Labute approximate surface area is 196 Å². The van der Waals surface area contributed by atoms with E-state index in [4.69, 9.17) is 0 Å².